The molecule has 0 saturated carbocycles. The number of hydrogen-bond acceptors (Lipinski definition) is 4. The molecule has 7 nitrogen and oxygen atoms in total. The number of nitrogens with zero attached hydrogens (tertiary/aromatic N) is 5. The number of halogens is 3. The fourth-order valence-corrected chi connectivity index (χ4v) is 2.71. The summed E-state index contributed by atoms with van der Waals surface area (Å²) in [5.74, 6) is 2.15. The smallest absolute Gasteiger partial charge is 0.382 e. The van der Waals surface area contributed by atoms with Gasteiger partial charge in [0.05, 0.1) is 5.56 Å². The van der Waals surface area contributed by atoms with Gasteiger partial charge < -0.3 is 19.5 Å². The van der Waals surface area contributed by atoms with Crippen LogP contribution in [0.15, 0.2) is 29.3 Å². The Kier molecular flexibility index (Phi) is 8.64. The van der Waals surface area contributed by atoms with E-state index in [1.54, 1.807) is 0 Å². The van der Waals surface area contributed by atoms with Gasteiger partial charge >= 0.3 is 6.18 Å². The standard InChI is InChI=1S/C20H29F3N6O/c1-5-30-12-6-11-24-19(25-13-18-27-26-15(2)29(18)4)28(3)14-16-7-9-17(10-8-16)20(21,22)23/h7-10H,5-6,11-14H2,1-4H3,(H,24,25). The monoisotopic (exact) mass is 426 g/mol. The average molecular weight is 426 g/mol. The van der Waals surface area contributed by atoms with Crippen LogP contribution < -0.4 is 5.32 Å². The van der Waals surface area contributed by atoms with Crippen LogP contribution in [-0.4, -0.2) is 52.4 Å². The second-order valence-electron chi connectivity index (χ2n) is 6.89. The number of alkyl halides is 3. The second-order valence-corrected chi connectivity index (χ2v) is 6.89. The maximum atomic E-state index is 12.8. The molecule has 2 aromatic rings. The molecular weight excluding hydrogens is 397 g/mol. The molecule has 0 radical (unpaired) electrons. The van der Waals surface area contributed by atoms with Crippen molar-refractivity contribution in [3.63, 3.8) is 0 Å². The van der Waals surface area contributed by atoms with E-state index < -0.39 is 11.7 Å². The van der Waals surface area contributed by atoms with Gasteiger partial charge in [0.2, 0.25) is 0 Å². The van der Waals surface area contributed by atoms with Crippen molar-refractivity contribution < 1.29 is 17.9 Å². The zero-order chi connectivity index (χ0) is 22.1. The van der Waals surface area contributed by atoms with Gasteiger partial charge in [-0.1, -0.05) is 12.1 Å². The number of hydrogen-bond donors (Lipinski definition) is 1. The van der Waals surface area contributed by atoms with Crippen LogP contribution in [0.2, 0.25) is 0 Å². The van der Waals surface area contributed by atoms with Gasteiger partial charge in [-0.3, -0.25) is 0 Å². The number of aromatic nitrogens is 3. The van der Waals surface area contributed by atoms with E-state index >= 15 is 0 Å². The molecule has 0 unspecified atom stereocenters. The summed E-state index contributed by atoms with van der Waals surface area (Å²) in [7, 11) is 3.72. The van der Waals surface area contributed by atoms with Crippen molar-refractivity contribution >= 4 is 5.96 Å². The van der Waals surface area contributed by atoms with Crippen molar-refractivity contribution in [2.75, 3.05) is 26.8 Å². The largest absolute Gasteiger partial charge is 0.416 e. The molecule has 2 rings (SSSR count). The zero-order valence-electron chi connectivity index (χ0n) is 17.8. The van der Waals surface area contributed by atoms with Crippen molar-refractivity contribution in [1.29, 1.82) is 0 Å². The predicted molar refractivity (Wildman–Crippen MR) is 109 cm³/mol. The fourth-order valence-electron chi connectivity index (χ4n) is 2.71. The topological polar surface area (TPSA) is 67.6 Å². The van der Waals surface area contributed by atoms with Gasteiger partial charge in [-0.05, 0) is 38.0 Å². The minimum Gasteiger partial charge on any atom is -0.382 e. The average Bonchev–Trinajstić information content (AvgIpc) is 3.01. The molecule has 0 bridgehead atoms. The number of benzene rings is 1. The number of aryl methyl sites for hydroxylation is 1. The Bertz CT molecular complexity index is 817. The van der Waals surface area contributed by atoms with E-state index in [1.807, 2.05) is 37.4 Å². The van der Waals surface area contributed by atoms with Gasteiger partial charge in [-0.25, -0.2) is 4.99 Å². The number of guanidine groups is 1. The molecule has 10 heteroatoms. The summed E-state index contributed by atoms with van der Waals surface area (Å²) in [4.78, 5) is 6.49. The van der Waals surface area contributed by atoms with Crippen molar-refractivity contribution in [3.8, 4) is 0 Å². The Morgan fingerprint density at radius 3 is 2.50 bits per heavy atom. The SMILES string of the molecule is CCOCCCNC(=NCc1nnc(C)n1C)N(C)Cc1ccc(C(F)(F)F)cc1. The van der Waals surface area contributed by atoms with Gasteiger partial charge in [0.1, 0.15) is 12.4 Å². The summed E-state index contributed by atoms with van der Waals surface area (Å²) in [5.41, 5.74) is 0.0957. The van der Waals surface area contributed by atoms with E-state index in [0.717, 1.165) is 35.8 Å². The van der Waals surface area contributed by atoms with Crippen LogP contribution in [0.1, 0.15) is 36.1 Å². The van der Waals surface area contributed by atoms with Crippen LogP contribution >= 0.6 is 0 Å². The highest BCUT2D eigenvalue weighted by Gasteiger charge is 2.29. The molecule has 1 heterocycles. The van der Waals surface area contributed by atoms with Crippen LogP contribution in [0.4, 0.5) is 13.2 Å². The first-order chi connectivity index (χ1) is 14.2. The molecule has 0 atom stereocenters. The molecule has 1 aromatic heterocycles. The van der Waals surface area contributed by atoms with Crippen LogP contribution in [0.3, 0.4) is 0 Å². The van der Waals surface area contributed by atoms with Crippen molar-refractivity contribution in [1.82, 2.24) is 25.0 Å². The highest BCUT2D eigenvalue weighted by atomic mass is 19.4. The molecule has 0 amide bonds. The highest BCUT2D eigenvalue weighted by molar-refractivity contribution is 5.79. The maximum Gasteiger partial charge on any atom is 0.416 e. The molecule has 0 aliphatic carbocycles. The van der Waals surface area contributed by atoms with Gasteiger partial charge in [0, 0.05) is 40.4 Å². The molecule has 1 N–H and O–H groups in total. The van der Waals surface area contributed by atoms with Crippen LogP contribution in [0.25, 0.3) is 0 Å². The Balaban J connectivity index is 2.07. The predicted octanol–water partition coefficient (Wildman–Crippen LogP) is 3.15. The van der Waals surface area contributed by atoms with Crippen LogP contribution in [-0.2, 0) is 31.1 Å². The quantitative estimate of drug-likeness (QED) is 0.379. The molecule has 166 valence electrons. The second kappa shape index (κ2) is 11.0. The first kappa shape index (κ1) is 23.7. The van der Waals surface area contributed by atoms with E-state index in [-0.39, 0.29) is 0 Å². The van der Waals surface area contributed by atoms with E-state index in [0.29, 0.717) is 38.8 Å². The lowest BCUT2D eigenvalue weighted by Gasteiger charge is -2.23. The summed E-state index contributed by atoms with van der Waals surface area (Å²) in [6.45, 7) is 6.52. The summed E-state index contributed by atoms with van der Waals surface area (Å²) in [5, 5.41) is 11.4. The van der Waals surface area contributed by atoms with Gasteiger partial charge in [0.25, 0.3) is 0 Å². The third kappa shape index (κ3) is 7.01. The number of aliphatic imine (C=N–C) groups is 1. The molecule has 1 aromatic carbocycles. The van der Waals surface area contributed by atoms with E-state index in [2.05, 4.69) is 20.5 Å². The summed E-state index contributed by atoms with van der Waals surface area (Å²) in [6.07, 6.45) is -3.53. The van der Waals surface area contributed by atoms with Crippen molar-refractivity contribution in [2.45, 2.75) is 39.5 Å². The Morgan fingerprint density at radius 2 is 1.93 bits per heavy atom. The van der Waals surface area contributed by atoms with E-state index in [9.17, 15) is 13.2 Å². The highest BCUT2D eigenvalue weighted by Crippen LogP contribution is 2.29. The Morgan fingerprint density at radius 1 is 1.23 bits per heavy atom. The first-order valence-corrected chi connectivity index (χ1v) is 9.80. The minimum absolute atomic E-state index is 0.336. The minimum atomic E-state index is -4.34. The fraction of sp³-hybridized carbons (Fsp3) is 0.550. The Hall–Kier alpha value is -2.62. The summed E-state index contributed by atoms with van der Waals surface area (Å²) < 4.78 is 45.5. The summed E-state index contributed by atoms with van der Waals surface area (Å²) >= 11 is 0. The van der Waals surface area contributed by atoms with Gasteiger partial charge in [-0.2, -0.15) is 13.2 Å². The van der Waals surface area contributed by atoms with Gasteiger partial charge in [0.15, 0.2) is 11.8 Å². The maximum absolute atomic E-state index is 12.8. The molecule has 30 heavy (non-hydrogen) atoms. The molecule has 0 saturated heterocycles. The number of ether oxygens (including phenoxy) is 1. The normalized spacial score (nSPS) is 12.3. The third-order valence-electron chi connectivity index (χ3n) is 4.57. The molecule has 0 spiro atoms. The molecular formula is C20H29F3N6O. The lowest BCUT2D eigenvalue weighted by Crippen LogP contribution is -2.39. The summed E-state index contributed by atoms with van der Waals surface area (Å²) in [6, 6.07) is 5.16. The van der Waals surface area contributed by atoms with E-state index in [1.165, 1.54) is 12.1 Å². The first-order valence-electron chi connectivity index (χ1n) is 9.80. The lowest BCUT2D eigenvalue weighted by atomic mass is 10.1. The Labute approximate surface area is 175 Å². The third-order valence-corrected chi connectivity index (χ3v) is 4.57. The van der Waals surface area contributed by atoms with Gasteiger partial charge in [-0.15, -0.1) is 10.2 Å². The molecule has 0 fully saturated rings. The van der Waals surface area contributed by atoms with Crippen molar-refractivity contribution in [3.05, 3.63) is 47.0 Å². The van der Waals surface area contributed by atoms with E-state index in [4.69, 9.17) is 4.74 Å². The van der Waals surface area contributed by atoms with Crippen molar-refractivity contribution in [2.24, 2.45) is 12.0 Å². The van der Waals surface area contributed by atoms with Crippen LogP contribution in [0, 0.1) is 6.92 Å². The zero-order valence-corrected chi connectivity index (χ0v) is 17.8. The number of rotatable bonds is 9. The number of nitrogens with one attached hydrogen (secondary N) is 1. The van der Waals surface area contributed by atoms with Crippen LogP contribution in [0.5, 0.6) is 0 Å². The lowest BCUT2D eigenvalue weighted by molar-refractivity contribution is -0.137. The molecule has 0 aliphatic rings. The molecule has 0 aliphatic heterocycles.